The lowest BCUT2D eigenvalue weighted by Gasteiger charge is -2.16. The number of hydrogen-bond donors (Lipinski definition) is 1. The summed E-state index contributed by atoms with van der Waals surface area (Å²) in [5.74, 6) is 0. The molecule has 3 aromatic carbocycles. The van der Waals surface area contributed by atoms with E-state index in [0.29, 0.717) is 10.7 Å². The maximum atomic E-state index is 11.8. The van der Waals surface area contributed by atoms with Gasteiger partial charge in [0.05, 0.1) is 11.9 Å². The van der Waals surface area contributed by atoms with Crippen molar-refractivity contribution in [3.8, 4) is 0 Å². The number of nitrogens with zero attached hydrogens (tertiary/aromatic N) is 2. The molecule has 0 fully saturated rings. The second-order valence-corrected chi connectivity index (χ2v) is 5.38. The second kappa shape index (κ2) is 6.50. The first-order valence-corrected chi connectivity index (χ1v) is 7.40. The molecule has 0 aliphatic carbocycles. The summed E-state index contributed by atoms with van der Waals surface area (Å²) >= 11 is 5.86. The second-order valence-electron chi connectivity index (χ2n) is 4.94. The summed E-state index contributed by atoms with van der Waals surface area (Å²) in [4.78, 5) is 11.8. The van der Waals surface area contributed by atoms with Gasteiger partial charge in [-0.2, -0.15) is 10.1 Å². The highest BCUT2D eigenvalue weighted by atomic mass is 35.5. The SMILES string of the molecule is NC(=O)N(/N=C/c1ccc(Cl)cc1)c1cccc2ccccc12. The number of urea groups is 1. The first kappa shape index (κ1) is 15.1. The summed E-state index contributed by atoms with van der Waals surface area (Å²) in [6.07, 6.45) is 1.57. The van der Waals surface area contributed by atoms with Crippen LogP contribution < -0.4 is 10.7 Å². The molecule has 0 aliphatic heterocycles. The first-order valence-electron chi connectivity index (χ1n) is 7.02. The first-order chi connectivity index (χ1) is 11.1. The van der Waals surface area contributed by atoms with E-state index in [2.05, 4.69) is 5.10 Å². The number of benzene rings is 3. The third-order valence-corrected chi connectivity index (χ3v) is 3.65. The quantitative estimate of drug-likeness (QED) is 0.563. The molecule has 2 N–H and O–H groups in total. The zero-order valence-electron chi connectivity index (χ0n) is 12.2. The van der Waals surface area contributed by atoms with Crippen LogP contribution in [0, 0.1) is 0 Å². The van der Waals surface area contributed by atoms with Crippen molar-refractivity contribution in [3.63, 3.8) is 0 Å². The third kappa shape index (κ3) is 3.33. The lowest BCUT2D eigenvalue weighted by atomic mass is 10.1. The summed E-state index contributed by atoms with van der Waals surface area (Å²) in [7, 11) is 0. The molecule has 0 aromatic heterocycles. The molecule has 0 bridgehead atoms. The van der Waals surface area contributed by atoms with Crippen LogP contribution in [0.15, 0.2) is 71.8 Å². The number of hydrazone groups is 1. The van der Waals surface area contributed by atoms with E-state index in [9.17, 15) is 4.79 Å². The number of hydrogen-bond acceptors (Lipinski definition) is 2. The highest BCUT2D eigenvalue weighted by Crippen LogP contribution is 2.26. The van der Waals surface area contributed by atoms with Gasteiger partial charge >= 0.3 is 6.03 Å². The molecule has 5 heteroatoms. The summed E-state index contributed by atoms with van der Waals surface area (Å²) in [5.41, 5.74) is 6.96. The van der Waals surface area contributed by atoms with Gasteiger partial charge in [0.25, 0.3) is 0 Å². The minimum Gasteiger partial charge on any atom is -0.350 e. The van der Waals surface area contributed by atoms with Gasteiger partial charge in [0.15, 0.2) is 0 Å². The van der Waals surface area contributed by atoms with Gasteiger partial charge in [-0.25, -0.2) is 4.79 Å². The number of amides is 2. The van der Waals surface area contributed by atoms with Crippen molar-refractivity contribution < 1.29 is 4.79 Å². The number of nitrogens with two attached hydrogens (primary N) is 1. The number of anilines is 1. The van der Waals surface area contributed by atoms with Gasteiger partial charge in [-0.1, -0.05) is 60.1 Å². The number of carbonyl (C=O) groups is 1. The molecule has 0 unspecified atom stereocenters. The average molecular weight is 324 g/mol. The predicted octanol–water partition coefficient (Wildman–Crippen LogP) is 4.41. The van der Waals surface area contributed by atoms with Crippen LogP contribution in [0.5, 0.6) is 0 Å². The maximum absolute atomic E-state index is 11.8. The molecule has 3 aromatic rings. The zero-order chi connectivity index (χ0) is 16.2. The Morgan fingerprint density at radius 2 is 1.70 bits per heavy atom. The van der Waals surface area contributed by atoms with Crippen molar-refractivity contribution in [3.05, 3.63) is 77.3 Å². The molecule has 0 heterocycles. The monoisotopic (exact) mass is 323 g/mol. The van der Waals surface area contributed by atoms with Gasteiger partial charge in [-0.05, 0) is 29.1 Å². The minimum atomic E-state index is -0.647. The molecule has 4 nitrogen and oxygen atoms in total. The molecular formula is C18H14ClN3O. The van der Waals surface area contributed by atoms with E-state index in [1.807, 2.05) is 54.6 Å². The van der Waals surface area contributed by atoms with E-state index in [4.69, 9.17) is 17.3 Å². The molecule has 0 saturated carbocycles. The van der Waals surface area contributed by atoms with Crippen molar-refractivity contribution in [2.24, 2.45) is 10.8 Å². The zero-order valence-corrected chi connectivity index (χ0v) is 12.9. The molecule has 0 atom stereocenters. The Kier molecular flexibility index (Phi) is 4.26. The normalized spacial score (nSPS) is 11.0. The van der Waals surface area contributed by atoms with E-state index in [1.165, 1.54) is 5.01 Å². The Morgan fingerprint density at radius 3 is 2.43 bits per heavy atom. The van der Waals surface area contributed by atoms with Crippen molar-refractivity contribution in [1.82, 2.24) is 0 Å². The smallest absolute Gasteiger partial charge is 0.340 e. The number of carbonyl (C=O) groups excluding carboxylic acids is 1. The standard InChI is InChI=1S/C18H14ClN3O/c19-15-10-8-13(9-11-15)12-21-22(18(20)23)17-7-3-5-14-4-1-2-6-16(14)17/h1-12H,(H2,20,23)/b21-12+. The van der Waals surface area contributed by atoms with Crippen LogP contribution in [-0.4, -0.2) is 12.2 Å². The number of rotatable bonds is 3. The van der Waals surface area contributed by atoms with Crippen LogP contribution in [-0.2, 0) is 0 Å². The van der Waals surface area contributed by atoms with Gasteiger partial charge < -0.3 is 5.73 Å². The lowest BCUT2D eigenvalue weighted by molar-refractivity contribution is 0.254. The van der Waals surface area contributed by atoms with E-state index in [0.717, 1.165) is 16.3 Å². The van der Waals surface area contributed by atoms with E-state index >= 15 is 0 Å². The van der Waals surface area contributed by atoms with Gasteiger partial charge in [0.1, 0.15) is 0 Å². The Balaban J connectivity index is 2.01. The molecular weight excluding hydrogens is 310 g/mol. The third-order valence-electron chi connectivity index (χ3n) is 3.40. The number of fused-ring (bicyclic) bond motifs is 1. The summed E-state index contributed by atoms with van der Waals surface area (Å²) < 4.78 is 0. The van der Waals surface area contributed by atoms with Gasteiger partial charge in [-0.3, -0.25) is 0 Å². The number of primary amides is 1. The van der Waals surface area contributed by atoms with Crippen molar-refractivity contribution >= 4 is 40.3 Å². The van der Waals surface area contributed by atoms with Gasteiger partial charge in [0.2, 0.25) is 0 Å². The largest absolute Gasteiger partial charge is 0.350 e. The minimum absolute atomic E-state index is 0.640. The van der Waals surface area contributed by atoms with E-state index in [-0.39, 0.29) is 0 Å². The average Bonchev–Trinajstić information content (AvgIpc) is 2.56. The van der Waals surface area contributed by atoms with Crippen molar-refractivity contribution in [2.75, 3.05) is 5.01 Å². The van der Waals surface area contributed by atoms with Crippen LogP contribution in [0.4, 0.5) is 10.5 Å². The summed E-state index contributed by atoms with van der Waals surface area (Å²) in [5, 5.41) is 7.98. The fourth-order valence-corrected chi connectivity index (χ4v) is 2.43. The Labute approximate surface area is 138 Å². The van der Waals surface area contributed by atoms with Crippen LogP contribution >= 0.6 is 11.6 Å². The highest BCUT2D eigenvalue weighted by Gasteiger charge is 2.13. The number of halogens is 1. The predicted molar refractivity (Wildman–Crippen MR) is 95.1 cm³/mol. The molecule has 0 saturated heterocycles. The molecule has 114 valence electrons. The van der Waals surface area contributed by atoms with Crippen LogP contribution in [0.1, 0.15) is 5.56 Å². The molecule has 2 amide bonds. The molecule has 0 aliphatic rings. The van der Waals surface area contributed by atoms with Crippen LogP contribution in [0.25, 0.3) is 10.8 Å². The summed E-state index contributed by atoms with van der Waals surface area (Å²) in [6.45, 7) is 0. The highest BCUT2D eigenvalue weighted by molar-refractivity contribution is 6.30. The molecule has 0 spiro atoms. The topological polar surface area (TPSA) is 58.7 Å². The molecule has 23 heavy (non-hydrogen) atoms. The Hall–Kier alpha value is -2.85. The van der Waals surface area contributed by atoms with Crippen molar-refractivity contribution in [2.45, 2.75) is 0 Å². The van der Waals surface area contributed by atoms with Gasteiger partial charge in [0, 0.05) is 10.4 Å². The molecule has 3 rings (SSSR count). The van der Waals surface area contributed by atoms with Crippen LogP contribution in [0.2, 0.25) is 5.02 Å². The fourth-order valence-electron chi connectivity index (χ4n) is 2.30. The van der Waals surface area contributed by atoms with Gasteiger partial charge in [-0.15, -0.1) is 0 Å². The molecule has 0 radical (unpaired) electrons. The van der Waals surface area contributed by atoms with Crippen molar-refractivity contribution in [1.29, 1.82) is 0 Å². The van der Waals surface area contributed by atoms with E-state index < -0.39 is 6.03 Å². The van der Waals surface area contributed by atoms with E-state index in [1.54, 1.807) is 18.3 Å². The Bertz CT molecular complexity index is 870. The maximum Gasteiger partial charge on any atom is 0.340 e. The van der Waals surface area contributed by atoms with Crippen LogP contribution in [0.3, 0.4) is 0 Å². The Morgan fingerprint density at radius 1 is 1.00 bits per heavy atom. The fraction of sp³-hybridized carbons (Fsp3) is 0. The summed E-state index contributed by atoms with van der Waals surface area (Å²) in [6, 6.07) is 19.9. The lowest BCUT2D eigenvalue weighted by Crippen LogP contribution is -2.31.